The van der Waals surface area contributed by atoms with Crippen molar-refractivity contribution in [3.8, 4) is 0 Å². The van der Waals surface area contributed by atoms with Gasteiger partial charge < -0.3 is 11.1 Å². The molecule has 0 atom stereocenters. The average molecular weight is 404 g/mol. The Balaban J connectivity index is 2.00. The Morgan fingerprint density at radius 1 is 1.26 bits per heavy atom. The van der Waals surface area contributed by atoms with Gasteiger partial charge in [0.25, 0.3) is 11.6 Å². The van der Waals surface area contributed by atoms with Crippen molar-refractivity contribution < 1.29 is 14.5 Å². The smallest absolute Gasteiger partial charge is 0.269 e. The highest BCUT2D eigenvalue weighted by atomic mass is 32.1. The van der Waals surface area contributed by atoms with E-state index in [2.05, 4.69) is 10.6 Å². The molecule has 10 heteroatoms. The molecule has 0 bridgehead atoms. The Morgan fingerprint density at radius 3 is 2.44 bits per heavy atom. The lowest BCUT2D eigenvalue weighted by Gasteiger charge is -2.07. The number of aryl methyl sites for hydroxylation is 1. The first-order valence-corrected chi connectivity index (χ1v) is 8.85. The van der Waals surface area contributed by atoms with Crippen LogP contribution in [0, 0.1) is 24.0 Å². The van der Waals surface area contributed by atoms with Crippen LogP contribution in [0.5, 0.6) is 0 Å². The van der Waals surface area contributed by atoms with Crippen LogP contribution in [0.1, 0.15) is 26.4 Å². The van der Waals surface area contributed by atoms with Gasteiger partial charge in [-0.1, -0.05) is 0 Å². The van der Waals surface area contributed by atoms with Crippen molar-refractivity contribution in [3.63, 3.8) is 0 Å². The van der Waals surface area contributed by atoms with E-state index in [1.54, 1.807) is 6.92 Å². The van der Waals surface area contributed by atoms with Crippen LogP contribution < -0.4 is 16.4 Å². The Kier molecular flexibility index (Phi) is 6.37. The second kappa shape index (κ2) is 8.52. The van der Waals surface area contributed by atoms with Crippen LogP contribution in [-0.2, 0) is 4.79 Å². The number of rotatable bonds is 5. The maximum atomic E-state index is 12.0. The molecule has 1 aromatic heterocycles. The molecular formula is C17H16N4O4S2. The number of nitrogens with two attached hydrogens (primary N) is 1. The molecule has 0 saturated carbocycles. The van der Waals surface area contributed by atoms with Crippen molar-refractivity contribution in [2.24, 2.45) is 5.73 Å². The normalized spacial score (nSPS) is 10.6. The van der Waals surface area contributed by atoms with E-state index in [1.807, 2.05) is 6.92 Å². The van der Waals surface area contributed by atoms with E-state index < -0.39 is 16.7 Å². The van der Waals surface area contributed by atoms with Crippen molar-refractivity contribution in [2.75, 3.05) is 5.32 Å². The molecule has 2 amide bonds. The molecule has 140 valence electrons. The summed E-state index contributed by atoms with van der Waals surface area (Å²) in [6.45, 7) is 3.64. The van der Waals surface area contributed by atoms with Gasteiger partial charge in [-0.2, -0.15) is 0 Å². The van der Waals surface area contributed by atoms with Gasteiger partial charge in [0.05, 0.1) is 10.5 Å². The maximum Gasteiger partial charge on any atom is 0.269 e. The number of nitro groups is 1. The lowest BCUT2D eigenvalue weighted by Crippen LogP contribution is -2.33. The molecule has 8 nitrogen and oxygen atoms in total. The Morgan fingerprint density at radius 2 is 1.89 bits per heavy atom. The lowest BCUT2D eigenvalue weighted by molar-refractivity contribution is -0.384. The molecule has 1 aromatic carbocycles. The van der Waals surface area contributed by atoms with E-state index in [4.69, 9.17) is 18.0 Å². The second-order valence-electron chi connectivity index (χ2n) is 5.48. The summed E-state index contributed by atoms with van der Waals surface area (Å²) in [6.07, 6.45) is 2.74. The number of thiophene rings is 1. The van der Waals surface area contributed by atoms with Crippen molar-refractivity contribution in [3.05, 3.63) is 62.0 Å². The molecule has 0 radical (unpaired) electrons. The molecule has 2 aromatic rings. The summed E-state index contributed by atoms with van der Waals surface area (Å²) in [5.74, 6) is -1.07. The fraction of sp³-hybridized carbons (Fsp3) is 0.118. The first kappa shape index (κ1) is 20.2. The summed E-state index contributed by atoms with van der Waals surface area (Å²) in [4.78, 5) is 34.6. The second-order valence-corrected chi connectivity index (χ2v) is 7.11. The molecule has 0 unspecified atom stereocenters. The van der Waals surface area contributed by atoms with Gasteiger partial charge in [-0.25, -0.2) is 0 Å². The molecule has 1 heterocycles. The molecule has 0 aliphatic carbocycles. The quantitative estimate of drug-likeness (QED) is 0.304. The monoisotopic (exact) mass is 404 g/mol. The number of hydrogen-bond donors (Lipinski definition) is 3. The van der Waals surface area contributed by atoms with Crippen LogP contribution >= 0.6 is 23.6 Å². The van der Waals surface area contributed by atoms with Gasteiger partial charge in [0.15, 0.2) is 5.11 Å². The number of benzene rings is 1. The topological polar surface area (TPSA) is 127 Å². The summed E-state index contributed by atoms with van der Waals surface area (Å²) < 4.78 is 0. The molecule has 0 saturated heterocycles. The molecule has 2 rings (SSSR count). The molecule has 27 heavy (non-hydrogen) atoms. The van der Waals surface area contributed by atoms with Crippen LogP contribution in [0.15, 0.2) is 30.3 Å². The SMILES string of the molecule is Cc1sc(NC(=S)NC(=O)/C=C/c2ccc([N+](=O)[O-])cc2)c(C(N)=O)c1C. The van der Waals surface area contributed by atoms with Gasteiger partial charge >= 0.3 is 0 Å². The fourth-order valence-corrected chi connectivity index (χ4v) is 3.52. The van der Waals surface area contributed by atoms with E-state index in [-0.39, 0.29) is 10.8 Å². The lowest BCUT2D eigenvalue weighted by atomic mass is 10.1. The highest BCUT2D eigenvalue weighted by Gasteiger charge is 2.18. The molecule has 4 N–H and O–H groups in total. The number of amides is 2. The zero-order valence-electron chi connectivity index (χ0n) is 14.4. The van der Waals surface area contributed by atoms with E-state index in [0.717, 1.165) is 10.4 Å². The number of nitrogens with zero attached hydrogens (tertiary/aromatic N) is 1. The summed E-state index contributed by atoms with van der Waals surface area (Å²) >= 11 is 6.41. The predicted molar refractivity (Wildman–Crippen MR) is 109 cm³/mol. The molecule has 0 aliphatic rings. The van der Waals surface area contributed by atoms with Crippen molar-refractivity contribution in [1.29, 1.82) is 0 Å². The summed E-state index contributed by atoms with van der Waals surface area (Å²) in [7, 11) is 0. The molecule has 0 spiro atoms. The number of carbonyl (C=O) groups excluding carboxylic acids is 2. The zero-order chi connectivity index (χ0) is 20.1. The van der Waals surface area contributed by atoms with Gasteiger partial charge in [-0.05, 0) is 55.4 Å². The maximum absolute atomic E-state index is 12.0. The number of anilines is 1. The summed E-state index contributed by atoms with van der Waals surface area (Å²) in [5, 5.41) is 16.4. The van der Waals surface area contributed by atoms with Gasteiger partial charge in [0.1, 0.15) is 5.00 Å². The van der Waals surface area contributed by atoms with E-state index in [9.17, 15) is 19.7 Å². The molecule has 0 fully saturated rings. The standard InChI is InChI=1S/C17H16N4O4S2/c1-9-10(2)27-16(14(9)15(18)23)20-17(26)19-13(22)8-5-11-3-6-12(7-4-11)21(24)25/h3-8H,1-2H3,(H2,18,23)(H2,19,20,22,26)/b8-5+. The van der Waals surface area contributed by atoms with Crippen LogP contribution in [0.2, 0.25) is 0 Å². The number of carbonyl (C=O) groups is 2. The third-order valence-corrected chi connectivity index (χ3v) is 4.95. The number of nitrogens with one attached hydrogen (secondary N) is 2. The Bertz CT molecular complexity index is 949. The van der Waals surface area contributed by atoms with Crippen LogP contribution in [0.3, 0.4) is 0 Å². The van der Waals surface area contributed by atoms with Crippen LogP contribution in [0.4, 0.5) is 10.7 Å². The first-order chi connectivity index (χ1) is 12.7. The highest BCUT2D eigenvalue weighted by molar-refractivity contribution is 7.80. The zero-order valence-corrected chi connectivity index (χ0v) is 16.1. The van der Waals surface area contributed by atoms with Gasteiger partial charge in [-0.15, -0.1) is 11.3 Å². The predicted octanol–water partition coefficient (Wildman–Crippen LogP) is 2.90. The van der Waals surface area contributed by atoms with Gasteiger partial charge in [0.2, 0.25) is 5.91 Å². The number of non-ortho nitro benzene ring substituents is 1. The van der Waals surface area contributed by atoms with Gasteiger partial charge in [-0.3, -0.25) is 25.0 Å². The minimum Gasteiger partial charge on any atom is -0.365 e. The molecular weight excluding hydrogens is 388 g/mol. The highest BCUT2D eigenvalue weighted by Crippen LogP contribution is 2.31. The number of primary amides is 1. The number of hydrogen-bond acceptors (Lipinski definition) is 6. The minimum atomic E-state index is -0.577. The number of thiocarbonyl (C=S) groups is 1. The van der Waals surface area contributed by atoms with E-state index >= 15 is 0 Å². The van der Waals surface area contributed by atoms with Crippen LogP contribution in [0.25, 0.3) is 6.08 Å². The van der Waals surface area contributed by atoms with Crippen molar-refractivity contribution in [2.45, 2.75) is 13.8 Å². The van der Waals surface area contributed by atoms with Gasteiger partial charge in [0, 0.05) is 23.1 Å². The third-order valence-electron chi connectivity index (χ3n) is 3.63. The van der Waals surface area contributed by atoms with Crippen LogP contribution in [-0.4, -0.2) is 21.9 Å². The largest absolute Gasteiger partial charge is 0.365 e. The van der Waals surface area contributed by atoms with Crippen molar-refractivity contribution in [1.82, 2.24) is 5.32 Å². The van der Waals surface area contributed by atoms with E-state index in [1.165, 1.54) is 47.8 Å². The summed E-state index contributed by atoms with van der Waals surface area (Å²) in [6, 6.07) is 5.73. The summed E-state index contributed by atoms with van der Waals surface area (Å²) in [5.41, 5.74) is 7.09. The fourth-order valence-electron chi connectivity index (χ4n) is 2.18. The first-order valence-electron chi connectivity index (χ1n) is 7.63. The Labute approximate surface area is 164 Å². The Hall–Kier alpha value is -3.11. The minimum absolute atomic E-state index is 0.0251. The molecule has 0 aliphatic heterocycles. The third kappa shape index (κ3) is 5.19. The number of nitro benzene ring substituents is 1. The average Bonchev–Trinajstić information content (AvgIpc) is 2.87. The van der Waals surface area contributed by atoms with E-state index in [0.29, 0.717) is 16.1 Å². The van der Waals surface area contributed by atoms with Crippen molar-refractivity contribution >= 4 is 57.2 Å².